The number of nitrogens with zero attached hydrogens (tertiary/aromatic N) is 1. The van der Waals surface area contributed by atoms with Crippen LogP contribution in [-0.4, -0.2) is 25.0 Å². The van der Waals surface area contributed by atoms with Crippen LogP contribution in [0.5, 0.6) is 0 Å². The highest BCUT2D eigenvalue weighted by Gasteiger charge is 2.18. The smallest absolute Gasteiger partial charge is 0.255 e. The van der Waals surface area contributed by atoms with Gasteiger partial charge in [-0.1, -0.05) is 6.07 Å². The zero-order valence-electron chi connectivity index (χ0n) is 15.6. The van der Waals surface area contributed by atoms with Crippen molar-refractivity contribution in [3.05, 3.63) is 58.9 Å². The van der Waals surface area contributed by atoms with Gasteiger partial charge in [0.25, 0.3) is 5.91 Å². The molecule has 0 unspecified atom stereocenters. The number of carbonyl (C=O) groups is 1. The van der Waals surface area contributed by atoms with E-state index >= 15 is 0 Å². The normalized spacial score (nSPS) is 13.4. The van der Waals surface area contributed by atoms with E-state index in [4.69, 9.17) is 0 Å². The molecule has 0 bridgehead atoms. The molecule has 26 heavy (non-hydrogen) atoms. The fraction of sp³-hybridized carbons (Fsp3) is 0.381. The Morgan fingerprint density at radius 2 is 1.96 bits per heavy atom. The summed E-state index contributed by atoms with van der Waals surface area (Å²) in [6.07, 6.45) is 0.641. The number of amides is 1. The Labute approximate surface area is 154 Å². The van der Waals surface area contributed by atoms with Crippen LogP contribution in [-0.2, 0) is 13.0 Å². The molecule has 0 fully saturated rings. The molecule has 0 atom stereocenters. The number of nitrogens with one attached hydrogen (secondary N) is 2. The van der Waals surface area contributed by atoms with Gasteiger partial charge in [-0.2, -0.15) is 0 Å². The van der Waals surface area contributed by atoms with Gasteiger partial charge in [0.2, 0.25) is 0 Å². The maximum atomic E-state index is 14.7. The second kappa shape index (κ2) is 7.87. The number of carbonyl (C=O) groups excluding carboxylic acids is 1. The van der Waals surface area contributed by atoms with E-state index in [0.29, 0.717) is 30.1 Å². The molecule has 138 valence electrons. The van der Waals surface area contributed by atoms with Gasteiger partial charge in [-0.25, -0.2) is 4.39 Å². The van der Waals surface area contributed by atoms with Crippen LogP contribution in [0.2, 0.25) is 0 Å². The predicted octanol–water partition coefficient (Wildman–Crippen LogP) is 3.96. The summed E-state index contributed by atoms with van der Waals surface area (Å²) in [6, 6.07) is 11.4. The quantitative estimate of drug-likeness (QED) is 0.853. The van der Waals surface area contributed by atoms with Crippen molar-refractivity contribution in [2.45, 2.75) is 39.8 Å². The molecule has 2 N–H and O–H groups in total. The third-order valence-electron chi connectivity index (χ3n) is 4.88. The molecule has 1 amide bonds. The van der Waals surface area contributed by atoms with Crippen molar-refractivity contribution in [2.24, 2.45) is 0 Å². The fourth-order valence-corrected chi connectivity index (χ4v) is 3.47. The van der Waals surface area contributed by atoms with E-state index in [1.165, 1.54) is 0 Å². The van der Waals surface area contributed by atoms with Gasteiger partial charge in [-0.15, -0.1) is 0 Å². The lowest BCUT2D eigenvalue weighted by molar-refractivity contribution is 0.102. The fourth-order valence-electron chi connectivity index (χ4n) is 3.47. The van der Waals surface area contributed by atoms with Crippen molar-refractivity contribution >= 4 is 17.3 Å². The first kappa shape index (κ1) is 18.4. The highest BCUT2D eigenvalue weighted by atomic mass is 19.1. The summed E-state index contributed by atoms with van der Waals surface area (Å²) in [6.45, 7) is 8.71. The third-order valence-corrected chi connectivity index (χ3v) is 4.88. The van der Waals surface area contributed by atoms with E-state index in [1.54, 1.807) is 18.2 Å². The maximum absolute atomic E-state index is 14.7. The second-order valence-electron chi connectivity index (χ2n) is 6.87. The molecule has 4 nitrogen and oxygen atoms in total. The minimum absolute atomic E-state index is 0.247. The van der Waals surface area contributed by atoms with Crippen molar-refractivity contribution < 1.29 is 9.18 Å². The molecule has 5 heteroatoms. The summed E-state index contributed by atoms with van der Waals surface area (Å²) in [5, 5.41) is 5.94. The summed E-state index contributed by atoms with van der Waals surface area (Å²) >= 11 is 0. The highest BCUT2D eigenvalue weighted by molar-refractivity contribution is 6.04. The molecule has 3 rings (SSSR count). The lowest BCUT2D eigenvalue weighted by Gasteiger charge is -2.27. The number of anilines is 2. The van der Waals surface area contributed by atoms with Crippen LogP contribution < -0.4 is 15.5 Å². The second-order valence-corrected chi connectivity index (χ2v) is 6.87. The zero-order chi connectivity index (χ0) is 18.7. The molecule has 0 radical (unpaired) electrons. The molecule has 0 aromatic heterocycles. The van der Waals surface area contributed by atoms with Crippen molar-refractivity contribution in [3.8, 4) is 0 Å². The van der Waals surface area contributed by atoms with Gasteiger partial charge in [0.05, 0.1) is 5.69 Å². The van der Waals surface area contributed by atoms with Crippen molar-refractivity contribution in [3.63, 3.8) is 0 Å². The summed E-state index contributed by atoms with van der Waals surface area (Å²) in [7, 11) is 0. The summed E-state index contributed by atoms with van der Waals surface area (Å²) < 4.78 is 14.7. The molecule has 0 aliphatic carbocycles. The first-order valence-electron chi connectivity index (χ1n) is 9.20. The van der Waals surface area contributed by atoms with Crippen LogP contribution >= 0.6 is 0 Å². The van der Waals surface area contributed by atoms with Gasteiger partial charge in [0.1, 0.15) is 5.82 Å². The zero-order valence-corrected chi connectivity index (χ0v) is 15.6. The minimum atomic E-state index is -0.314. The Morgan fingerprint density at radius 1 is 1.23 bits per heavy atom. The lowest BCUT2D eigenvalue weighted by Crippen LogP contribution is -2.30. The van der Waals surface area contributed by atoms with Crippen LogP contribution in [0.25, 0.3) is 0 Å². The lowest BCUT2D eigenvalue weighted by atomic mass is 9.99. The molecular weight excluding hydrogens is 329 g/mol. The van der Waals surface area contributed by atoms with Crippen LogP contribution in [0.1, 0.15) is 42.3 Å². The number of benzene rings is 2. The van der Waals surface area contributed by atoms with Gasteiger partial charge < -0.3 is 15.5 Å². The van der Waals surface area contributed by atoms with E-state index < -0.39 is 0 Å². The molecule has 1 heterocycles. The molecule has 0 saturated heterocycles. The summed E-state index contributed by atoms with van der Waals surface area (Å²) in [5.74, 6) is -0.608. The Kier molecular flexibility index (Phi) is 5.57. The molecule has 0 spiro atoms. The van der Waals surface area contributed by atoms with Crippen LogP contribution in [0, 0.1) is 5.82 Å². The Balaban J connectivity index is 1.76. The standard InChI is InChI=1S/C21H26FN3O/c1-4-25(14(2)3)17-8-5-15(6-9-17)21(26)24-19-10-7-16-13-23-12-11-18(16)20(19)22/h5-10,14,23H,4,11-13H2,1-3H3,(H,24,26). The van der Waals surface area contributed by atoms with Crippen LogP contribution in [0.4, 0.5) is 15.8 Å². The number of halogens is 1. The number of hydrogen-bond acceptors (Lipinski definition) is 3. The largest absolute Gasteiger partial charge is 0.369 e. The average molecular weight is 355 g/mol. The Bertz CT molecular complexity index is 787. The predicted molar refractivity (Wildman–Crippen MR) is 104 cm³/mol. The van der Waals surface area contributed by atoms with E-state index in [-0.39, 0.29) is 17.4 Å². The molecule has 1 aliphatic heterocycles. The van der Waals surface area contributed by atoms with Gasteiger partial charge in [0, 0.05) is 30.4 Å². The Hall–Kier alpha value is -2.40. The topological polar surface area (TPSA) is 44.4 Å². The van der Waals surface area contributed by atoms with E-state index in [0.717, 1.165) is 24.3 Å². The summed E-state index contributed by atoms with van der Waals surface area (Å²) in [5.41, 5.74) is 3.51. The third kappa shape index (κ3) is 3.73. The SMILES string of the molecule is CCN(c1ccc(C(=O)Nc2ccc3c(c2F)CCNC3)cc1)C(C)C. The van der Waals surface area contributed by atoms with Crippen molar-refractivity contribution in [2.75, 3.05) is 23.3 Å². The maximum Gasteiger partial charge on any atom is 0.255 e. The van der Waals surface area contributed by atoms with E-state index in [1.807, 2.05) is 18.2 Å². The van der Waals surface area contributed by atoms with E-state index in [9.17, 15) is 9.18 Å². The number of hydrogen-bond donors (Lipinski definition) is 2. The van der Waals surface area contributed by atoms with Gasteiger partial charge in [0.15, 0.2) is 0 Å². The molecule has 0 saturated carbocycles. The van der Waals surface area contributed by atoms with Crippen LogP contribution in [0.15, 0.2) is 36.4 Å². The molecule has 2 aromatic rings. The first-order valence-corrected chi connectivity index (χ1v) is 9.20. The minimum Gasteiger partial charge on any atom is -0.369 e. The van der Waals surface area contributed by atoms with Crippen LogP contribution in [0.3, 0.4) is 0 Å². The summed E-state index contributed by atoms with van der Waals surface area (Å²) in [4.78, 5) is 14.8. The molecular formula is C21H26FN3O. The Morgan fingerprint density at radius 3 is 2.62 bits per heavy atom. The molecule has 2 aromatic carbocycles. The van der Waals surface area contributed by atoms with E-state index in [2.05, 4.69) is 36.3 Å². The first-order chi connectivity index (χ1) is 12.5. The monoisotopic (exact) mass is 355 g/mol. The van der Waals surface area contributed by atoms with Gasteiger partial charge in [-0.05, 0) is 75.2 Å². The average Bonchev–Trinajstić information content (AvgIpc) is 2.65. The molecule has 1 aliphatic rings. The number of rotatable bonds is 5. The number of fused-ring (bicyclic) bond motifs is 1. The highest BCUT2D eigenvalue weighted by Crippen LogP contribution is 2.25. The van der Waals surface area contributed by atoms with Crippen molar-refractivity contribution in [1.29, 1.82) is 0 Å². The van der Waals surface area contributed by atoms with Crippen molar-refractivity contribution in [1.82, 2.24) is 5.32 Å². The van der Waals surface area contributed by atoms with Gasteiger partial charge in [-0.3, -0.25) is 4.79 Å². The van der Waals surface area contributed by atoms with Gasteiger partial charge >= 0.3 is 0 Å².